The number of nitrogens with two attached hydrogens (primary N) is 1. The van der Waals surface area contributed by atoms with Crippen molar-refractivity contribution in [2.75, 3.05) is 7.11 Å². The van der Waals surface area contributed by atoms with Crippen LogP contribution in [-0.4, -0.2) is 18.5 Å². The number of ether oxygens (including phenoxy) is 2. The predicted molar refractivity (Wildman–Crippen MR) is 57.8 cm³/mol. The van der Waals surface area contributed by atoms with Gasteiger partial charge in [0.1, 0.15) is 11.5 Å². The summed E-state index contributed by atoms with van der Waals surface area (Å²) in [7, 11) is 1.58. The minimum absolute atomic E-state index is 0.416. The van der Waals surface area contributed by atoms with E-state index in [0.717, 1.165) is 5.56 Å². The highest BCUT2D eigenvalue weighted by molar-refractivity contribution is 5.40. The van der Waals surface area contributed by atoms with Crippen molar-refractivity contribution in [1.82, 2.24) is 0 Å². The molecule has 0 fully saturated rings. The van der Waals surface area contributed by atoms with E-state index in [1.54, 1.807) is 19.2 Å². The SMILES string of the molecule is CCC(O)Oc1ccc(CN)c(OC)c1. The zero-order chi connectivity index (χ0) is 11.3. The number of methoxy groups -OCH3 is 1. The number of rotatable bonds is 5. The first-order chi connectivity index (χ1) is 7.21. The third kappa shape index (κ3) is 3.11. The minimum atomic E-state index is -0.779. The van der Waals surface area contributed by atoms with Crippen LogP contribution in [0.1, 0.15) is 18.9 Å². The smallest absolute Gasteiger partial charge is 0.197 e. The predicted octanol–water partition coefficient (Wildman–Crippen LogP) is 1.26. The summed E-state index contributed by atoms with van der Waals surface area (Å²) < 4.78 is 10.4. The van der Waals surface area contributed by atoms with Gasteiger partial charge in [-0.05, 0) is 6.07 Å². The average Bonchev–Trinajstić information content (AvgIpc) is 2.28. The summed E-state index contributed by atoms with van der Waals surface area (Å²) in [4.78, 5) is 0. The molecule has 0 radical (unpaired) electrons. The largest absolute Gasteiger partial charge is 0.496 e. The third-order valence-corrected chi connectivity index (χ3v) is 2.10. The molecule has 0 aliphatic heterocycles. The first-order valence-electron chi connectivity index (χ1n) is 4.93. The molecule has 0 spiro atoms. The Labute approximate surface area is 89.6 Å². The summed E-state index contributed by atoms with van der Waals surface area (Å²) in [5, 5.41) is 9.31. The second kappa shape index (κ2) is 5.58. The first-order valence-corrected chi connectivity index (χ1v) is 4.93. The maximum Gasteiger partial charge on any atom is 0.197 e. The van der Waals surface area contributed by atoms with Crippen LogP contribution in [0, 0.1) is 0 Å². The topological polar surface area (TPSA) is 64.7 Å². The molecule has 0 aromatic heterocycles. The lowest BCUT2D eigenvalue weighted by Crippen LogP contribution is -2.13. The van der Waals surface area contributed by atoms with Gasteiger partial charge in [-0.1, -0.05) is 13.0 Å². The fourth-order valence-electron chi connectivity index (χ4n) is 1.21. The van der Waals surface area contributed by atoms with Gasteiger partial charge in [-0.15, -0.1) is 0 Å². The van der Waals surface area contributed by atoms with E-state index in [-0.39, 0.29) is 0 Å². The van der Waals surface area contributed by atoms with Gasteiger partial charge in [-0.25, -0.2) is 0 Å². The normalized spacial score (nSPS) is 12.3. The molecule has 3 N–H and O–H groups in total. The van der Waals surface area contributed by atoms with Crippen molar-refractivity contribution in [2.24, 2.45) is 5.73 Å². The van der Waals surface area contributed by atoms with Crippen LogP contribution in [0.3, 0.4) is 0 Å². The van der Waals surface area contributed by atoms with Crippen LogP contribution in [0.15, 0.2) is 18.2 Å². The van der Waals surface area contributed by atoms with Crippen molar-refractivity contribution in [3.8, 4) is 11.5 Å². The average molecular weight is 211 g/mol. The van der Waals surface area contributed by atoms with Crippen LogP contribution in [-0.2, 0) is 6.54 Å². The Morgan fingerprint density at radius 1 is 1.47 bits per heavy atom. The lowest BCUT2D eigenvalue weighted by atomic mass is 10.2. The van der Waals surface area contributed by atoms with E-state index in [0.29, 0.717) is 24.5 Å². The molecule has 4 heteroatoms. The molecule has 0 amide bonds. The van der Waals surface area contributed by atoms with E-state index in [2.05, 4.69) is 0 Å². The fraction of sp³-hybridized carbons (Fsp3) is 0.455. The van der Waals surface area contributed by atoms with E-state index in [1.807, 2.05) is 13.0 Å². The monoisotopic (exact) mass is 211 g/mol. The maximum absolute atomic E-state index is 9.31. The van der Waals surface area contributed by atoms with Gasteiger partial charge in [-0.3, -0.25) is 0 Å². The minimum Gasteiger partial charge on any atom is -0.496 e. The van der Waals surface area contributed by atoms with Crippen molar-refractivity contribution in [3.05, 3.63) is 23.8 Å². The first kappa shape index (κ1) is 11.8. The number of aliphatic hydroxyl groups excluding tert-OH is 1. The van der Waals surface area contributed by atoms with Crippen LogP contribution in [0.25, 0.3) is 0 Å². The summed E-state index contributed by atoms with van der Waals surface area (Å²) >= 11 is 0. The molecule has 0 saturated carbocycles. The molecule has 84 valence electrons. The van der Waals surface area contributed by atoms with Gasteiger partial charge < -0.3 is 20.3 Å². The van der Waals surface area contributed by atoms with Crippen molar-refractivity contribution >= 4 is 0 Å². The molecule has 0 heterocycles. The molecule has 1 atom stereocenters. The van der Waals surface area contributed by atoms with Crippen LogP contribution in [0.2, 0.25) is 0 Å². The van der Waals surface area contributed by atoms with Gasteiger partial charge in [0.2, 0.25) is 0 Å². The lowest BCUT2D eigenvalue weighted by Gasteiger charge is -2.13. The molecule has 4 nitrogen and oxygen atoms in total. The van der Waals surface area contributed by atoms with Crippen molar-refractivity contribution in [3.63, 3.8) is 0 Å². The Balaban J connectivity index is 2.83. The second-order valence-electron chi connectivity index (χ2n) is 3.16. The number of hydrogen-bond acceptors (Lipinski definition) is 4. The zero-order valence-corrected chi connectivity index (χ0v) is 9.06. The molecule has 1 aromatic rings. The number of benzene rings is 1. The van der Waals surface area contributed by atoms with Gasteiger partial charge in [0, 0.05) is 24.6 Å². The van der Waals surface area contributed by atoms with Gasteiger partial charge in [0.05, 0.1) is 7.11 Å². The quantitative estimate of drug-likeness (QED) is 0.720. The Morgan fingerprint density at radius 2 is 2.20 bits per heavy atom. The second-order valence-corrected chi connectivity index (χ2v) is 3.16. The van der Waals surface area contributed by atoms with Gasteiger partial charge in [0.25, 0.3) is 0 Å². The lowest BCUT2D eigenvalue weighted by molar-refractivity contribution is -0.0192. The Bertz CT molecular complexity index is 315. The molecule has 1 rings (SSSR count). The molecular formula is C11H17NO3. The molecule has 1 aromatic carbocycles. The Hall–Kier alpha value is -1.26. The van der Waals surface area contributed by atoms with Gasteiger partial charge in [-0.2, -0.15) is 0 Å². The fourth-order valence-corrected chi connectivity index (χ4v) is 1.21. The Morgan fingerprint density at radius 3 is 2.73 bits per heavy atom. The van der Waals surface area contributed by atoms with Crippen LogP contribution in [0.5, 0.6) is 11.5 Å². The van der Waals surface area contributed by atoms with Crippen LogP contribution >= 0.6 is 0 Å². The summed E-state index contributed by atoms with van der Waals surface area (Å²) in [6.45, 7) is 2.26. The van der Waals surface area contributed by atoms with E-state index in [9.17, 15) is 5.11 Å². The molecule has 15 heavy (non-hydrogen) atoms. The molecule has 0 aliphatic carbocycles. The molecule has 0 bridgehead atoms. The van der Waals surface area contributed by atoms with Crippen LogP contribution < -0.4 is 15.2 Å². The van der Waals surface area contributed by atoms with Crippen molar-refractivity contribution in [2.45, 2.75) is 26.2 Å². The molecule has 1 unspecified atom stereocenters. The number of aliphatic hydroxyl groups is 1. The van der Waals surface area contributed by atoms with E-state index in [1.165, 1.54) is 0 Å². The van der Waals surface area contributed by atoms with Crippen molar-refractivity contribution in [1.29, 1.82) is 0 Å². The summed E-state index contributed by atoms with van der Waals surface area (Å²) in [5.41, 5.74) is 6.45. The van der Waals surface area contributed by atoms with Crippen molar-refractivity contribution < 1.29 is 14.6 Å². The van der Waals surface area contributed by atoms with E-state index >= 15 is 0 Å². The molecule has 0 saturated heterocycles. The highest BCUT2D eigenvalue weighted by Crippen LogP contribution is 2.24. The van der Waals surface area contributed by atoms with Gasteiger partial charge in [0.15, 0.2) is 6.29 Å². The Kier molecular flexibility index (Phi) is 4.39. The zero-order valence-electron chi connectivity index (χ0n) is 9.06. The maximum atomic E-state index is 9.31. The summed E-state index contributed by atoms with van der Waals surface area (Å²) in [5.74, 6) is 1.26. The number of hydrogen-bond donors (Lipinski definition) is 2. The van der Waals surface area contributed by atoms with E-state index < -0.39 is 6.29 Å². The van der Waals surface area contributed by atoms with Crippen LogP contribution in [0.4, 0.5) is 0 Å². The standard InChI is InChI=1S/C11H17NO3/c1-3-11(13)15-9-5-4-8(7-12)10(6-9)14-2/h4-6,11,13H,3,7,12H2,1-2H3. The highest BCUT2D eigenvalue weighted by Gasteiger charge is 2.06. The summed E-state index contributed by atoms with van der Waals surface area (Å²) in [6, 6.07) is 5.32. The van der Waals surface area contributed by atoms with E-state index in [4.69, 9.17) is 15.2 Å². The molecular weight excluding hydrogens is 194 g/mol. The third-order valence-electron chi connectivity index (χ3n) is 2.10. The molecule has 0 aliphatic rings. The summed E-state index contributed by atoms with van der Waals surface area (Å²) in [6.07, 6.45) is -0.237. The highest BCUT2D eigenvalue weighted by atomic mass is 16.6. The van der Waals surface area contributed by atoms with Gasteiger partial charge >= 0.3 is 0 Å².